The van der Waals surface area contributed by atoms with Gasteiger partial charge in [0.1, 0.15) is 17.8 Å². The molecule has 3 amide bonds. The summed E-state index contributed by atoms with van der Waals surface area (Å²) in [6.07, 6.45) is -7.11. The van der Waals surface area contributed by atoms with Gasteiger partial charge >= 0.3 is 12.2 Å². The number of hydrogen-bond donors (Lipinski definition) is 2. The molecule has 2 aromatic heterocycles. The lowest BCUT2D eigenvalue weighted by molar-refractivity contribution is -0.141. The van der Waals surface area contributed by atoms with Crippen molar-refractivity contribution in [3.05, 3.63) is 57.1 Å². The predicted octanol–water partition coefficient (Wildman–Crippen LogP) is 3.71. The number of carbonyl (C=O) groups excluding carboxylic acids is 2. The van der Waals surface area contributed by atoms with Gasteiger partial charge in [0, 0.05) is 11.8 Å². The zero-order valence-electron chi connectivity index (χ0n) is 15.1. The van der Waals surface area contributed by atoms with Gasteiger partial charge in [-0.25, -0.2) is 23.5 Å². The Morgan fingerprint density at radius 1 is 1.26 bits per heavy atom. The summed E-state index contributed by atoms with van der Waals surface area (Å²) >= 11 is 11.5. The summed E-state index contributed by atoms with van der Waals surface area (Å²) < 4.78 is 65.6. The van der Waals surface area contributed by atoms with Crippen LogP contribution in [-0.4, -0.2) is 39.4 Å². The number of alkyl halides is 5. The molecule has 3 N–H and O–H groups in total. The smallest absolute Gasteiger partial charge is 0.368 e. The number of amides is 3. The monoisotopic (exact) mass is 483 g/mol. The Hall–Kier alpha value is -2.73. The second-order valence-corrected chi connectivity index (χ2v) is 7.27. The Morgan fingerprint density at radius 3 is 2.45 bits per heavy atom. The van der Waals surface area contributed by atoms with E-state index in [0.717, 1.165) is 23.2 Å². The zero-order valence-corrected chi connectivity index (χ0v) is 16.6. The number of carbonyl (C=O) groups is 2. The van der Waals surface area contributed by atoms with Crippen molar-refractivity contribution in [1.82, 2.24) is 20.2 Å². The molecule has 166 valence electrons. The number of hydrogen-bond acceptors (Lipinski definition) is 4. The second kappa shape index (κ2) is 8.42. The number of nitrogens with one attached hydrogen (secondary N) is 1. The molecule has 3 heterocycles. The Labute approximate surface area is 181 Å². The van der Waals surface area contributed by atoms with E-state index in [1.54, 1.807) is 0 Å². The molecular weight excluding hydrogens is 472 g/mol. The fraction of sp³-hybridized carbons (Fsp3) is 0.294. The highest BCUT2D eigenvalue weighted by atomic mass is 35.5. The van der Waals surface area contributed by atoms with E-state index in [9.17, 15) is 31.5 Å². The summed E-state index contributed by atoms with van der Waals surface area (Å²) in [6, 6.07) is -0.0289. The molecular formula is C17H12Cl2F5N5O2. The van der Waals surface area contributed by atoms with Gasteiger partial charge in [0.25, 0.3) is 6.43 Å². The van der Waals surface area contributed by atoms with Gasteiger partial charge < -0.3 is 16.0 Å². The van der Waals surface area contributed by atoms with Crippen molar-refractivity contribution in [2.24, 2.45) is 5.73 Å². The lowest BCUT2D eigenvalue weighted by Gasteiger charge is -2.27. The SMILES string of the molecule is NC(=O)C1CN([C@H](c2cnc(C(F)(F)F)c(Cl)c2)c2ccc(Cl)c(C(F)F)n2)C(=O)N1. The zero-order chi connectivity index (χ0) is 23.1. The Bertz CT molecular complexity index is 1040. The van der Waals surface area contributed by atoms with Crippen molar-refractivity contribution in [1.29, 1.82) is 0 Å². The highest BCUT2D eigenvalue weighted by molar-refractivity contribution is 6.31. The predicted molar refractivity (Wildman–Crippen MR) is 98.5 cm³/mol. The normalized spacial score (nSPS) is 17.7. The van der Waals surface area contributed by atoms with Crippen LogP contribution in [0.25, 0.3) is 0 Å². The molecule has 0 aromatic carbocycles. The number of nitrogens with two attached hydrogens (primary N) is 1. The highest BCUT2D eigenvalue weighted by Crippen LogP contribution is 2.37. The third-order valence-electron chi connectivity index (χ3n) is 4.42. The maximum absolute atomic E-state index is 13.3. The van der Waals surface area contributed by atoms with Crippen molar-refractivity contribution >= 4 is 35.1 Å². The molecule has 1 aliphatic rings. The summed E-state index contributed by atoms with van der Waals surface area (Å²) in [5, 5.41) is 1.18. The largest absolute Gasteiger partial charge is 0.434 e. The standard InChI is InChI=1S/C17H12Cl2F5N5O2/c18-7-1-2-9(27-11(7)14(20)21)12(29-5-10(15(25)30)28-16(29)31)6-3-8(19)13(26-4-6)17(22,23)24/h1-4,10,12,14H,5H2,(H2,25,30)(H,28,31)/t10?,12-/m1/s1. The molecule has 0 aliphatic carbocycles. The molecule has 0 bridgehead atoms. The number of nitrogens with zero attached hydrogens (tertiary/aromatic N) is 3. The molecule has 0 saturated carbocycles. The number of pyridine rings is 2. The number of halogens is 7. The summed E-state index contributed by atoms with van der Waals surface area (Å²) in [5.74, 6) is -0.865. The van der Waals surface area contributed by atoms with Crippen LogP contribution in [0.5, 0.6) is 0 Å². The fourth-order valence-electron chi connectivity index (χ4n) is 3.04. The van der Waals surface area contributed by atoms with E-state index in [0.29, 0.717) is 0 Å². The molecule has 1 saturated heterocycles. The van der Waals surface area contributed by atoms with E-state index >= 15 is 0 Å². The quantitative estimate of drug-likeness (QED) is 0.632. The number of aromatic nitrogens is 2. The molecule has 1 unspecified atom stereocenters. The van der Waals surface area contributed by atoms with E-state index in [4.69, 9.17) is 28.9 Å². The topological polar surface area (TPSA) is 101 Å². The van der Waals surface area contributed by atoms with Crippen molar-refractivity contribution in [2.75, 3.05) is 6.54 Å². The van der Waals surface area contributed by atoms with Gasteiger partial charge in [-0.2, -0.15) is 13.2 Å². The lowest BCUT2D eigenvalue weighted by Crippen LogP contribution is -2.39. The number of urea groups is 1. The average Bonchev–Trinajstić information content (AvgIpc) is 3.04. The van der Waals surface area contributed by atoms with Gasteiger partial charge in [0.2, 0.25) is 5.91 Å². The van der Waals surface area contributed by atoms with Gasteiger partial charge in [-0.1, -0.05) is 23.2 Å². The second-order valence-electron chi connectivity index (χ2n) is 6.46. The summed E-state index contributed by atoms with van der Waals surface area (Å²) in [5.41, 5.74) is 2.83. The van der Waals surface area contributed by atoms with Gasteiger partial charge in [0.15, 0.2) is 5.69 Å². The third-order valence-corrected chi connectivity index (χ3v) is 5.03. The van der Waals surface area contributed by atoms with Crippen LogP contribution in [0.2, 0.25) is 10.0 Å². The molecule has 0 radical (unpaired) electrons. The van der Waals surface area contributed by atoms with E-state index in [1.807, 2.05) is 0 Å². The minimum Gasteiger partial charge on any atom is -0.368 e. The van der Waals surface area contributed by atoms with E-state index < -0.39 is 53.0 Å². The first-order chi connectivity index (χ1) is 14.4. The minimum absolute atomic E-state index is 0.0618. The number of primary amides is 1. The summed E-state index contributed by atoms with van der Waals surface area (Å²) in [7, 11) is 0. The van der Waals surface area contributed by atoms with Crippen LogP contribution in [-0.2, 0) is 11.0 Å². The van der Waals surface area contributed by atoms with Crippen LogP contribution in [0.1, 0.15) is 35.1 Å². The van der Waals surface area contributed by atoms with Gasteiger partial charge in [-0.05, 0) is 18.2 Å². The first-order valence-electron chi connectivity index (χ1n) is 8.43. The third kappa shape index (κ3) is 4.64. The molecule has 2 aromatic rings. The molecule has 7 nitrogen and oxygen atoms in total. The molecule has 1 fully saturated rings. The van der Waals surface area contributed by atoms with Crippen molar-refractivity contribution < 1.29 is 31.5 Å². The molecule has 3 rings (SSSR count). The van der Waals surface area contributed by atoms with Crippen LogP contribution >= 0.6 is 23.2 Å². The first kappa shape index (κ1) is 22.9. The molecule has 1 aliphatic heterocycles. The van der Waals surface area contributed by atoms with Crippen LogP contribution < -0.4 is 11.1 Å². The molecule has 2 atom stereocenters. The average molecular weight is 484 g/mol. The maximum atomic E-state index is 13.3. The maximum Gasteiger partial charge on any atom is 0.434 e. The summed E-state index contributed by atoms with van der Waals surface area (Å²) in [4.78, 5) is 32.0. The highest BCUT2D eigenvalue weighted by Gasteiger charge is 2.40. The van der Waals surface area contributed by atoms with Crippen LogP contribution in [0, 0.1) is 0 Å². The van der Waals surface area contributed by atoms with E-state index in [1.165, 1.54) is 6.07 Å². The number of rotatable bonds is 5. The van der Waals surface area contributed by atoms with Crippen LogP contribution in [0.15, 0.2) is 24.4 Å². The molecule has 31 heavy (non-hydrogen) atoms. The Morgan fingerprint density at radius 2 is 1.94 bits per heavy atom. The Balaban J connectivity index is 2.14. The van der Waals surface area contributed by atoms with Crippen molar-refractivity contribution in [2.45, 2.75) is 24.7 Å². The van der Waals surface area contributed by atoms with Gasteiger partial charge in [-0.15, -0.1) is 0 Å². The Kier molecular flexibility index (Phi) is 6.23. The van der Waals surface area contributed by atoms with E-state index in [2.05, 4.69) is 15.3 Å². The first-order valence-corrected chi connectivity index (χ1v) is 9.19. The van der Waals surface area contributed by atoms with Crippen molar-refractivity contribution in [3.8, 4) is 0 Å². The van der Waals surface area contributed by atoms with E-state index in [-0.39, 0.29) is 22.8 Å². The molecule has 14 heteroatoms. The summed E-state index contributed by atoms with van der Waals surface area (Å²) in [6.45, 7) is -0.300. The van der Waals surface area contributed by atoms with Gasteiger partial charge in [0.05, 0.1) is 22.3 Å². The molecule has 0 spiro atoms. The lowest BCUT2D eigenvalue weighted by atomic mass is 10.0. The fourth-order valence-corrected chi connectivity index (χ4v) is 3.51. The van der Waals surface area contributed by atoms with Crippen LogP contribution in [0.3, 0.4) is 0 Å². The van der Waals surface area contributed by atoms with Crippen LogP contribution in [0.4, 0.5) is 26.7 Å². The minimum atomic E-state index is -4.84. The van der Waals surface area contributed by atoms with Gasteiger partial charge in [-0.3, -0.25) is 4.79 Å². The van der Waals surface area contributed by atoms with Crippen molar-refractivity contribution in [3.63, 3.8) is 0 Å².